The van der Waals surface area contributed by atoms with Crippen LogP contribution in [0.1, 0.15) is 78.6 Å². The summed E-state index contributed by atoms with van der Waals surface area (Å²) in [5.74, 6) is 0. The Morgan fingerprint density at radius 1 is 0.619 bits per heavy atom. The molecule has 0 aromatic carbocycles. The summed E-state index contributed by atoms with van der Waals surface area (Å²) in [6, 6.07) is 0. The van der Waals surface area contributed by atoms with Crippen LogP contribution in [-0.4, -0.2) is 0 Å². The van der Waals surface area contributed by atoms with Crippen molar-refractivity contribution in [3.8, 4) is 0 Å². The molecule has 1 aliphatic carbocycles. The fourth-order valence-corrected chi connectivity index (χ4v) is 15.7. The van der Waals surface area contributed by atoms with Crippen LogP contribution in [0, 0.1) is 0 Å². The van der Waals surface area contributed by atoms with E-state index in [1.54, 1.807) is 14.4 Å². The van der Waals surface area contributed by atoms with Gasteiger partial charge in [-0.05, 0) is 0 Å². The monoisotopic (exact) mass is 473 g/mol. The first-order valence-corrected chi connectivity index (χ1v) is 15.3. The summed E-state index contributed by atoms with van der Waals surface area (Å²) in [6.45, 7) is 7.03. The van der Waals surface area contributed by atoms with Crippen molar-refractivity contribution in [3.63, 3.8) is 0 Å². The number of hydrogen-bond donors (Lipinski definition) is 0. The predicted molar refractivity (Wildman–Crippen MR) is 95.0 cm³/mol. The van der Waals surface area contributed by atoms with E-state index in [2.05, 4.69) is 45.1 Å². The maximum atomic E-state index is 2.56. The van der Waals surface area contributed by atoms with E-state index in [-0.39, 0.29) is 0 Å². The molecule has 0 aliphatic heterocycles. The van der Waals surface area contributed by atoms with Gasteiger partial charge in [-0.2, -0.15) is 0 Å². The van der Waals surface area contributed by atoms with Gasteiger partial charge in [-0.25, -0.2) is 0 Å². The summed E-state index contributed by atoms with van der Waals surface area (Å²) < 4.78 is 0.892. The Morgan fingerprint density at radius 3 is 1.33 bits per heavy atom. The summed E-state index contributed by atoms with van der Waals surface area (Å²) in [7, 11) is 0. The second-order valence-corrected chi connectivity index (χ2v) is 17.2. The minimum atomic E-state index is -1.66. The standard InChI is InChI=1S/C5H5.3C5H11.Pt/c1-2-4-5-3-1;3*1-3-5-4-2;/h1-5H;3*1,3-5H2,2H3;. The molecule has 1 aliphatic rings. The van der Waals surface area contributed by atoms with E-state index < -0.39 is 16.1 Å². The van der Waals surface area contributed by atoms with Gasteiger partial charge in [0.05, 0.1) is 0 Å². The summed E-state index contributed by atoms with van der Waals surface area (Å²) in [5.41, 5.74) is 0. The zero-order valence-corrected chi connectivity index (χ0v) is 17.0. The molecular formula is C20H38Pt. The minimum absolute atomic E-state index is 0.892. The predicted octanol–water partition coefficient (Wildman–Crippen LogP) is 7.88. The molecule has 0 unspecified atom stereocenters. The average molecular weight is 474 g/mol. The van der Waals surface area contributed by atoms with E-state index in [4.69, 9.17) is 0 Å². The van der Waals surface area contributed by atoms with Crippen LogP contribution in [-0.2, 0) is 16.1 Å². The first-order valence-electron chi connectivity index (χ1n) is 9.14. The normalized spacial score (nSPS) is 16.0. The van der Waals surface area contributed by atoms with Gasteiger partial charge in [0.25, 0.3) is 0 Å². The number of unbranched alkanes of at least 4 members (excludes halogenated alkanes) is 6. The van der Waals surface area contributed by atoms with Gasteiger partial charge >= 0.3 is 138 Å². The van der Waals surface area contributed by atoms with Crippen molar-refractivity contribution in [3.05, 3.63) is 24.3 Å². The molecule has 1 heteroatoms. The van der Waals surface area contributed by atoms with Crippen LogP contribution in [0.2, 0.25) is 18.7 Å². The second-order valence-electron chi connectivity index (χ2n) is 6.13. The first kappa shape index (κ1) is 19.2. The Labute approximate surface area is 137 Å². The molecule has 0 spiro atoms. The zero-order chi connectivity index (χ0) is 15.4. The van der Waals surface area contributed by atoms with E-state index in [1.165, 1.54) is 57.8 Å². The van der Waals surface area contributed by atoms with Crippen LogP contribution >= 0.6 is 0 Å². The van der Waals surface area contributed by atoms with Gasteiger partial charge in [-0.15, -0.1) is 0 Å². The van der Waals surface area contributed by atoms with Gasteiger partial charge in [0, 0.05) is 0 Å². The van der Waals surface area contributed by atoms with E-state index in [0.717, 1.165) is 4.31 Å². The van der Waals surface area contributed by atoms with E-state index in [0.29, 0.717) is 0 Å². The summed E-state index contributed by atoms with van der Waals surface area (Å²) in [4.78, 5) is 4.86. The van der Waals surface area contributed by atoms with Crippen molar-refractivity contribution >= 4 is 0 Å². The summed E-state index contributed by atoms with van der Waals surface area (Å²) >= 11 is -1.66. The third-order valence-electron chi connectivity index (χ3n) is 4.22. The van der Waals surface area contributed by atoms with Crippen molar-refractivity contribution in [2.75, 3.05) is 0 Å². The Kier molecular flexibility index (Phi) is 10.7. The second kappa shape index (κ2) is 11.7. The Balaban J connectivity index is 2.72. The topological polar surface area (TPSA) is 0 Å². The molecule has 21 heavy (non-hydrogen) atoms. The van der Waals surface area contributed by atoms with Crippen LogP contribution in [0.3, 0.4) is 0 Å². The van der Waals surface area contributed by atoms with Crippen LogP contribution in [0.25, 0.3) is 0 Å². The first-order chi connectivity index (χ1) is 10.3. The molecule has 0 saturated carbocycles. The molecule has 0 radical (unpaired) electrons. The Hall–Kier alpha value is 0.168. The van der Waals surface area contributed by atoms with Crippen LogP contribution in [0.4, 0.5) is 0 Å². The van der Waals surface area contributed by atoms with E-state index in [9.17, 15) is 0 Å². The number of hydrogen-bond acceptors (Lipinski definition) is 0. The van der Waals surface area contributed by atoms with Gasteiger partial charge in [0.2, 0.25) is 0 Å². The van der Waals surface area contributed by atoms with Crippen LogP contribution < -0.4 is 0 Å². The Morgan fingerprint density at radius 2 is 1.00 bits per heavy atom. The van der Waals surface area contributed by atoms with Gasteiger partial charge < -0.3 is 0 Å². The molecule has 0 bridgehead atoms. The quantitative estimate of drug-likeness (QED) is 0.239. The van der Waals surface area contributed by atoms with Crippen molar-refractivity contribution in [1.29, 1.82) is 0 Å². The molecule has 0 aromatic rings. The van der Waals surface area contributed by atoms with Gasteiger partial charge in [0.1, 0.15) is 0 Å². The summed E-state index contributed by atoms with van der Waals surface area (Å²) in [6.07, 6.45) is 22.7. The fourth-order valence-electron chi connectivity index (χ4n) is 2.86. The molecular weight excluding hydrogens is 435 g/mol. The van der Waals surface area contributed by atoms with Crippen molar-refractivity contribution in [1.82, 2.24) is 0 Å². The maximum absolute atomic E-state index is 2.56. The van der Waals surface area contributed by atoms with E-state index >= 15 is 0 Å². The van der Waals surface area contributed by atoms with Crippen LogP contribution in [0.5, 0.6) is 0 Å². The molecule has 0 aromatic heterocycles. The molecule has 0 amide bonds. The Bertz CT molecular complexity index is 264. The molecule has 0 nitrogen and oxygen atoms in total. The average Bonchev–Trinajstić information content (AvgIpc) is 3.02. The molecule has 0 N–H and O–H groups in total. The SMILES string of the molecule is CCCC[CH2][Pt]([CH2]CCCC)([CH2]CCCC)[CH]1C=CC=C1. The molecule has 0 fully saturated rings. The number of allylic oxidation sites excluding steroid dienone is 4. The zero-order valence-electron chi connectivity index (χ0n) is 14.7. The fraction of sp³-hybridized carbons (Fsp3) is 0.800. The molecule has 128 valence electrons. The van der Waals surface area contributed by atoms with Gasteiger partial charge in [-0.3, -0.25) is 0 Å². The van der Waals surface area contributed by atoms with Crippen molar-refractivity contribution in [2.45, 2.75) is 97.3 Å². The van der Waals surface area contributed by atoms with Crippen molar-refractivity contribution < 1.29 is 16.1 Å². The third-order valence-corrected chi connectivity index (χ3v) is 17.5. The van der Waals surface area contributed by atoms with E-state index in [1.807, 2.05) is 0 Å². The van der Waals surface area contributed by atoms with Crippen LogP contribution in [0.15, 0.2) is 24.3 Å². The van der Waals surface area contributed by atoms with Crippen molar-refractivity contribution in [2.24, 2.45) is 0 Å². The summed E-state index contributed by atoms with van der Waals surface area (Å²) in [5, 5.41) is 0. The molecule has 0 saturated heterocycles. The molecule has 1 rings (SSSR count). The molecule has 0 heterocycles. The van der Waals surface area contributed by atoms with Gasteiger partial charge in [-0.1, -0.05) is 0 Å². The third kappa shape index (κ3) is 6.85. The molecule has 0 atom stereocenters. The van der Waals surface area contributed by atoms with Gasteiger partial charge in [0.15, 0.2) is 0 Å². The number of rotatable bonds is 13.